The molecule has 9 heteroatoms. The number of hydrogen-bond acceptors (Lipinski definition) is 3. The average molecular weight is 304 g/mol. The van der Waals surface area contributed by atoms with Gasteiger partial charge in [-0.3, -0.25) is 14.3 Å². The maximum Gasteiger partial charge on any atom is 0.416 e. The van der Waals surface area contributed by atoms with Crippen molar-refractivity contribution in [2.24, 2.45) is 0 Å². The number of alkyl halides is 3. The number of hydrogen-bond donors (Lipinski definition) is 2. The summed E-state index contributed by atoms with van der Waals surface area (Å²) in [6.45, 7) is -0.526. The summed E-state index contributed by atoms with van der Waals surface area (Å²) < 4.78 is 51.3. The number of nitrogens with one attached hydrogen (secondary N) is 1. The average Bonchev–Trinajstić information content (AvgIpc) is 2.41. The minimum atomic E-state index is -4.57. The van der Waals surface area contributed by atoms with Crippen LogP contribution in [-0.4, -0.2) is 14.7 Å². The third-order valence-electron chi connectivity index (χ3n) is 2.71. The molecule has 0 aliphatic rings. The number of aromatic amines is 1. The van der Waals surface area contributed by atoms with E-state index < -0.39 is 41.2 Å². The number of benzene rings is 1. The Kier molecular flexibility index (Phi) is 3.58. The lowest BCUT2D eigenvalue weighted by molar-refractivity contribution is -0.137. The Balaban J connectivity index is 2.47. The first kappa shape index (κ1) is 14.8. The molecule has 0 spiro atoms. The molecule has 0 bridgehead atoms. The molecule has 5 nitrogen and oxygen atoms in total. The molecule has 0 amide bonds. The summed E-state index contributed by atoms with van der Waals surface area (Å²) in [4.78, 5) is 24.0. The smallest absolute Gasteiger partial charge is 0.416 e. The molecular formula is C12H8F4N2O3. The van der Waals surface area contributed by atoms with Crippen LogP contribution in [0.4, 0.5) is 17.6 Å². The largest absolute Gasteiger partial charge is 0.492 e. The van der Waals surface area contributed by atoms with Crippen LogP contribution in [0.2, 0.25) is 0 Å². The van der Waals surface area contributed by atoms with E-state index in [0.717, 1.165) is 18.2 Å². The summed E-state index contributed by atoms with van der Waals surface area (Å²) in [5, 5.41) is 9.40. The molecule has 21 heavy (non-hydrogen) atoms. The highest BCUT2D eigenvalue weighted by Crippen LogP contribution is 2.29. The van der Waals surface area contributed by atoms with E-state index in [2.05, 4.69) is 0 Å². The lowest BCUT2D eigenvalue weighted by atomic mass is 10.1. The molecule has 0 saturated heterocycles. The van der Waals surface area contributed by atoms with Crippen molar-refractivity contribution in [1.82, 2.24) is 9.55 Å². The number of aromatic hydroxyl groups is 1. The van der Waals surface area contributed by atoms with Gasteiger partial charge in [-0.05, 0) is 17.7 Å². The van der Waals surface area contributed by atoms with Gasteiger partial charge >= 0.3 is 11.9 Å². The molecule has 0 radical (unpaired) electrons. The van der Waals surface area contributed by atoms with Gasteiger partial charge in [0.25, 0.3) is 5.56 Å². The van der Waals surface area contributed by atoms with E-state index >= 15 is 0 Å². The topological polar surface area (TPSA) is 75.1 Å². The normalized spacial score (nSPS) is 11.6. The highest BCUT2D eigenvalue weighted by molar-refractivity contribution is 5.26. The zero-order chi connectivity index (χ0) is 15.8. The van der Waals surface area contributed by atoms with E-state index in [1.165, 1.54) is 6.07 Å². The van der Waals surface area contributed by atoms with Gasteiger partial charge in [-0.15, -0.1) is 0 Å². The number of aromatic nitrogens is 2. The molecular weight excluding hydrogens is 296 g/mol. The highest BCUT2D eigenvalue weighted by atomic mass is 19.4. The van der Waals surface area contributed by atoms with Crippen molar-refractivity contribution in [1.29, 1.82) is 0 Å². The summed E-state index contributed by atoms with van der Waals surface area (Å²) in [6, 6.07) is 3.97. The molecule has 0 saturated carbocycles. The van der Waals surface area contributed by atoms with E-state index in [4.69, 9.17) is 0 Å². The maximum absolute atomic E-state index is 13.2. The van der Waals surface area contributed by atoms with Crippen molar-refractivity contribution < 1.29 is 22.7 Å². The third-order valence-corrected chi connectivity index (χ3v) is 2.71. The predicted octanol–water partition coefficient (Wildman–Crippen LogP) is 1.45. The second kappa shape index (κ2) is 5.08. The molecule has 1 heterocycles. The van der Waals surface area contributed by atoms with Gasteiger partial charge in [0.05, 0.1) is 12.1 Å². The lowest BCUT2D eigenvalue weighted by Crippen LogP contribution is -2.32. The summed E-state index contributed by atoms with van der Waals surface area (Å²) in [7, 11) is 0. The predicted molar refractivity (Wildman–Crippen MR) is 63.5 cm³/mol. The fourth-order valence-electron chi connectivity index (χ4n) is 1.71. The van der Waals surface area contributed by atoms with E-state index in [1.807, 2.05) is 0 Å². The zero-order valence-electron chi connectivity index (χ0n) is 10.2. The van der Waals surface area contributed by atoms with Crippen LogP contribution >= 0.6 is 0 Å². The summed E-state index contributed by atoms with van der Waals surface area (Å²) in [6.07, 6.45) is -4.57. The molecule has 0 atom stereocenters. The molecule has 0 fully saturated rings. The second-order valence-corrected chi connectivity index (χ2v) is 4.18. The van der Waals surface area contributed by atoms with Gasteiger partial charge in [0.2, 0.25) is 11.7 Å². The molecule has 0 aliphatic heterocycles. The fourth-order valence-corrected chi connectivity index (χ4v) is 1.71. The monoisotopic (exact) mass is 304 g/mol. The zero-order valence-corrected chi connectivity index (χ0v) is 10.2. The van der Waals surface area contributed by atoms with Crippen LogP contribution in [0.1, 0.15) is 11.1 Å². The van der Waals surface area contributed by atoms with Crippen molar-refractivity contribution in [3.63, 3.8) is 0 Å². The Morgan fingerprint density at radius 3 is 2.52 bits per heavy atom. The first-order chi connectivity index (χ1) is 9.70. The van der Waals surface area contributed by atoms with Crippen LogP contribution < -0.4 is 11.2 Å². The number of nitrogens with zero attached hydrogens (tertiary/aromatic N) is 1. The van der Waals surface area contributed by atoms with Crippen molar-refractivity contribution >= 4 is 0 Å². The SMILES string of the molecule is O=c1[nH]c(=O)n(Cc2cccc(C(F)(F)F)c2)c(O)c1F. The van der Waals surface area contributed by atoms with Gasteiger partial charge in [-0.2, -0.15) is 17.6 Å². The van der Waals surface area contributed by atoms with Gasteiger partial charge < -0.3 is 5.11 Å². The molecule has 2 N–H and O–H groups in total. The van der Waals surface area contributed by atoms with Crippen LogP contribution in [0.25, 0.3) is 0 Å². The standard InChI is InChI=1S/C12H8F4N2O3/c13-8-9(19)17-11(21)18(10(8)20)5-6-2-1-3-7(4-6)12(14,15)16/h1-4,20H,5H2,(H,17,19,21). The van der Waals surface area contributed by atoms with Crippen LogP contribution in [0.3, 0.4) is 0 Å². The Labute approximate surface area is 114 Å². The number of H-pyrrole nitrogens is 1. The minimum absolute atomic E-state index is 0.00803. The van der Waals surface area contributed by atoms with Crippen molar-refractivity contribution in [2.45, 2.75) is 12.7 Å². The Bertz CT molecular complexity index is 792. The first-order valence-electron chi connectivity index (χ1n) is 5.58. The Morgan fingerprint density at radius 2 is 1.90 bits per heavy atom. The van der Waals surface area contributed by atoms with Crippen molar-refractivity contribution in [2.75, 3.05) is 0 Å². The quantitative estimate of drug-likeness (QED) is 0.825. The maximum atomic E-state index is 13.2. The van der Waals surface area contributed by atoms with Crippen LogP contribution in [0, 0.1) is 5.82 Å². The first-order valence-corrected chi connectivity index (χ1v) is 5.58. The van der Waals surface area contributed by atoms with Crippen LogP contribution in [0.5, 0.6) is 5.88 Å². The Morgan fingerprint density at radius 1 is 1.24 bits per heavy atom. The van der Waals surface area contributed by atoms with Gasteiger partial charge in [-0.1, -0.05) is 12.1 Å². The van der Waals surface area contributed by atoms with E-state index in [9.17, 15) is 32.3 Å². The molecule has 2 aromatic rings. The molecule has 0 unspecified atom stereocenters. The Hall–Kier alpha value is -2.58. The fraction of sp³-hybridized carbons (Fsp3) is 0.167. The minimum Gasteiger partial charge on any atom is -0.492 e. The van der Waals surface area contributed by atoms with E-state index in [-0.39, 0.29) is 5.56 Å². The second-order valence-electron chi connectivity index (χ2n) is 4.18. The van der Waals surface area contributed by atoms with Gasteiger partial charge in [-0.25, -0.2) is 4.79 Å². The van der Waals surface area contributed by atoms with Crippen LogP contribution in [-0.2, 0) is 12.7 Å². The van der Waals surface area contributed by atoms with Crippen molar-refractivity contribution in [3.8, 4) is 5.88 Å². The molecule has 0 aliphatic carbocycles. The van der Waals surface area contributed by atoms with Crippen molar-refractivity contribution in [3.05, 3.63) is 62.0 Å². The highest BCUT2D eigenvalue weighted by Gasteiger charge is 2.30. The lowest BCUT2D eigenvalue weighted by Gasteiger charge is -2.11. The van der Waals surface area contributed by atoms with Crippen LogP contribution in [0.15, 0.2) is 33.9 Å². The van der Waals surface area contributed by atoms with Gasteiger partial charge in [0.1, 0.15) is 0 Å². The third kappa shape index (κ3) is 2.96. The summed E-state index contributed by atoms with van der Waals surface area (Å²) in [5.74, 6) is -2.82. The number of rotatable bonds is 2. The molecule has 1 aromatic carbocycles. The van der Waals surface area contributed by atoms with E-state index in [1.54, 1.807) is 4.98 Å². The molecule has 2 rings (SSSR count). The molecule has 1 aromatic heterocycles. The van der Waals surface area contributed by atoms with Gasteiger partial charge in [0.15, 0.2) is 0 Å². The molecule has 112 valence electrons. The summed E-state index contributed by atoms with van der Waals surface area (Å²) >= 11 is 0. The van der Waals surface area contributed by atoms with Gasteiger partial charge in [0, 0.05) is 0 Å². The van der Waals surface area contributed by atoms with E-state index in [0.29, 0.717) is 4.57 Å². The summed E-state index contributed by atoms with van der Waals surface area (Å²) in [5.41, 5.74) is -3.47. The number of halogens is 4.